The Labute approximate surface area is 190 Å². The molecule has 1 aromatic rings. The normalized spacial score (nSPS) is 39.4. The van der Waals surface area contributed by atoms with Gasteiger partial charge in [-0.25, -0.2) is 4.79 Å². The van der Waals surface area contributed by atoms with Crippen molar-refractivity contribution in [2.45, 2.75) is 71.3 Å². The lowest BCUT2D eigenvalue weighted by molar-refractivity contribution is -0.153. The van der Waals surface area contributed by atoms with Gasteiger partial charge in [0, 0.05) is 11.8 Å². The van der Waals surface area contributed by atoms with Crippen molar-refractivity contribution in [2.75, 3.05) is 6.61 Å². The maximum absolute atomic E-state index is 12.4. The average molecular weight is 438 g/mol. The molecule has 5 rings (SSSR count). The summed E-state index contributed by atoms with van der Waals surface area (Å²) in [6.07, 6.45) is 10.8. The van der Waals surface area contributed by atoms with Crippen LogP contribution in [0.3, 0.4) is 0 Å². The topological polar surface area (TPSA) is 68.1 Å². The second-order valence-corrected chi connectivity index (χ2v) is 10.8. The molecule has 0 aromatic heterocycles. The van der Waals surface area contributed by atoms with Crippen molar-refractivity contribution in [3.05, 3.63) is 42.0 Å². The van der Waals surface area contributed by atoms with Crippen LogP contribution in [0.2, 0.25) is 0 Å². The zero-order valence-corrected chi connectivity index (χ0v) is 19.3. The van der Waals surface area contributed by atoms with Crippen LogP contribution in [0.4, 0.5) is 0 Å². The third-order valence-corrected chi connectivity index (χ3v) is 9.32. The van der Waals surface area contributed by atoms with Crippen molar-refractivity contribution in [2.24, 2.45) is 33.7 Å². The summed E-state index contributed by atoms with van der Waals surface area (Å²) in [7, 11) is 0. The van der Waals surface area contributed by atoms with Crippen molar-refractivity contribution in [1.29, 1.82) is 0 Å². The Hall–Kier alpha value is -2.30. The van der Waals surface area contributed by atoms with Gasteiger partial charge in [-0.05, 0) is 80.2 Å². The number of allylic oxidation sites excluding steroid dienone is 1. The van der Waals surface area contributed by atoms with Gasteiger partial charge in [0.2, 0.25) is 0 Å². The lowest BCUT2D eigenvalue weighted by Crippen LogP contribution is -2.50. The molecule has 5 heteroatoms. The van der Waals surface area contributed by atoms with Crippen molar-refractivity contribution in [3.63, 3.8) is 0 Å². The fourth-order valence-electron chi connectivity index (χ4n) is 7.56. The molecule has 1 N–H and O–H groups in total. The molecule has 3 fully saturated rings. The van der Waals surface area contributed by atoms with E-state index in [0.717, 1.165) is 50.7 Å². The van der Waals surface area contributed by atoms with Gasteiger partial charge in [0.1, 0.15) is 11.9 Å². The Morgan fingerprint density at radius 1 is 1.09 bits per heavy atom. The van der Waals surface area contributed by atoms with E-state index in [1.807, 2.05) is 30.3 Å². The van der Waals surface area contributed by atoms with Crippen molar-refractivity contribution in [3.8, 4) is 5.75 Å². The summed E-state index contributed by atoms with van der Waals surface area (Å²) in [6.45, 7) is 4.73. The van der Waals surface area contributed by atoms with Crippen LogP contribution >= 0.6 is 0 Å². The van der Waals surface area contributed by atoms with E-state index in [2.05, 4.69) is 25.1 Å². The van der Waals surface area contributed by atoms with Crippen LogP contribution in [-0.2, 0) is 9.53 Å². The standard InChI is InChI=1S/C27H35NO4/c1-26-14-12-20(32-25(29)17-31-19-6-4-3-5-7-19)16-18(26)8-9-21-22-10-11-24(28-30)27(22,2)15-13-23(21)26/h3-8,20-23,30H,9-17H2,1-2H3/b28-24+/t20-,21?,22?,23?,26-,27-/m0/s1. The second kappa shape index (κ2) is 8.24. The Kier molecular flexibility index (Phi) is 5.55. The van der Waals surface area contributed by atoms with Gasteiger partial charge in [-0.15, -0.1) is 0 Å². The van der Waals surface area contributed by atoms with Gasteiger partial charge in [-0.2, -0.15) is 0 Å². The highest BCUT2D eigenvalue weighted by atomic mass is 16.6. The first kappa shape index (κ1) is 21.5. The van der Waals surface area contributed by atoms with E-state index in [1.165, 1.54) is 12.0 Å². The number of para-hydroxylation sites is 1. The van der Waals surface area contributed by atoms with Gasteiger partial charge in [0.05, 0.1) is 5.71 Å². The molecular weight excluding hydrogens is 402 g/mol. The number of oxime groups is 1. The van der Waals surface area contributed by atoms with Gasteiger partial charge in [-0.1, -0.05) is 48.9 Å². The number of carbonyl (C=O) groups is 1. The van der Waals surface area contributed by atoms with Crippen LogP contribution < -0.4 is 4.74 Å². The summed E-state index contributed by atoms with van der Waals surface area (Å²) in [6, 6.07) is 9.39. The molecule has 3 unspecified atom stereocenters. The van der Waals surface area contributed by atoms with E-state index in [-0.39, 0.29) is 29.5 Å². The Balaban J connectivity index is 1.23. The number of fused-ring (bicyclic) bond motifs is 5. The quantitative estimate of drug-likeness (QED) is 0.281. The zero-order valence-electron chi connectivity index (χ0n) is 19.3. The van der Waals surface area contributed by atoms with Crippen molar-refractivity contribution in [1.82, 2.24) is 0 Å². The molecule has 32 heavy (non-hydrogen) atoms. The molecule has 0 amide bonds. The minimum atomic E-state index is -0.285. The smallest absolute Gasteiger partial charge is 0.344 e. The highest BCUT2D eigenvalue weighted by Crippen LogP contribution is 2.64. The van der Waals surface area contributed by atoms with Gasteiger partial charge in [0.25, 0.3) is 0 Å². The van der Waals surface area contributed by atoms with Crippen LogP contribution in [0.15, 0.2) is 47.1 Å². The highest BCUT2D eigenvalue weighted by Gasteiger charge is 2.58. The van der Waals surface area contributed by atoms with E-state index >= 15 is 0 Å². The highest BCUT2D eigenvalue weighted by molar-refractivity contribution is 5.92. The fourth-order valence-corrected chi connectivity index (χ4v) is 7.56. The number of nitrogens with zero attached hydrogens (tertiary/aromatic N) is 1. The number of ether oxygens (including phenoxy) is 2. The van der Waals surface area contributed by atoms with E-state index in [1.54, 1.807) is 0 Å². The molecule has 0 heterocycles. The van der Waals surface area contributed by atoms with Gasteiger partial charge < -0.3 is 14.7 Å². The molecule has 0 saturated heterocycles. The number of rotatable bonds is 4. The predicted octanol–water partition coefficient (Wildman–Crippen LogP) is 5.77. The minimum absolute atomic E-state index is 0.0451. The second-order valence-electron chi connectivity index (χ2n) is 10.8. The number of esters is 1. The first-order valence-electron chi connectivity index (χ1n) is 12.2. The molecule has 0 aliphatic heterocycles. The number of hydrogen-bond donors (Lipinski definition) is 1. The van der Waals surface area contributed by atoms with Crippen molar-refractivity contribution < 1.29 is 19.5 Å². The van der Waals surface area contributed by atoms with Crippen LogP contribution in [0.1, 0.15) is 65.2 Å². The molecule has 0 bridgehead atoms. The average Bonchev–Trinajstić information content (AvgIpc) is 3.15. The van der Waals surface area contributed by atoms with Crippen LogP contribution in [0, 0.1) is 28.6 Å². The van der Waals surface area contributed by atoms with Gasteiger partial charge in [0.15, 0.2) is 6.61 Å². The number of carbonyl (C=O) groups excluding carboxylic acids is 1. The number of benzene rings is 1. The maximum Gasteiger partial charge on any atom is 0.344 e. The predicted molar refractivity (Wildman–Crippen MR) is 123 cm³/mol. The third-order valence-electron chi connectivity index (χ3n) is 9.32. The van der Waals surface area contributed by atoms with E-state index < -0.39 is 0 Å². The van der Waals surface area contributed by atoms with E-state index in [4.69, 9.17) is 9.47 Å². The zero-order chi connectivity index (χ0) is 22.3. The molecule has 5 nitrogen and oxygen atoms in total. The maximum atomic E-state index is 12.4. The number of hydrogen-bond acceptors (Lipinski definition) is 5. The van der Waals surface area contributed by atoms with Crippen LogP contribution in [0.25, 0.3) is 0 Å². The Bertz CT molecular complexity index is 925. The lowest BCUT2D eigenvalue weighted by atomic mass is 9.48. The van der Waals surface area contributed by atoms with Crippen molar-refractivity contribution >= 4 is 11.7 Å². The molecule has 172 valence electrons. The summed E-state index contributed by atoms with van der Waals surface area (Å²) >= 11 is 0. The summed E-state index contributed by atoms with van der Waals surface area (Å²) in [5, 5.41) is 13.2. The molecule has 0 radical (unpaired) electrons. The lowest BCUT2D eigenvalue weighted by Gasteiger charge is -2.57. The fraction of sp³-hybridized carbons (Fsp3) is 0.630. The molecule has 4 aliphatic rings. The molecule has 1 aromatic carbocycles. The Morgan fingerprint density at radius 2 is 1.84 bits per heavy atom. The Morgan fingerprint density at radius 3 is 2.62 bits per heavy atom. The molecule has 3 saturated carbocycles. The summed E-state index contributed by atoms with van der Waals surface area (Å²) in [5.74, 6) is 2.36. The molecule has 6 atom stereocenters. The first-order chi connectivity index (χ1) is 15.4. The SMILES string of the molecule is C[C@]12CC[C@H](OC(=O)COc3ccccc3)CC1=CCC1C2CC[C@]2(C)/C(=N/O)CCC12. The van der Waals surface area contributed by atoms with Gasteiger partial charge in [-0.3, -0.25) is 0 Å². The largest absolute Gasteiger partial charge is 0.482 e. The van der Waals surface area contributed by atoms with Crippen LogP contribution in [0.5, 0.6) is 5.75 Å². The molecule has 0 spiro atoms. The van der Waals surface area contributed by atoms with E-state index in [9.17, 15) is 10.0 Å². The van der Waals surface area contributed by atoms with Crippen LogP contribution in [-0.4, -0.2) is 29.6 Å². The monoisotopic (exact) mass is 437 g/mol. The third kappa shape index (κ3) is 3.54. The van der Waals surface area contributed by atoms with E-state index in [0.29, 0.717) is 23.5 Å². The first-order valence-corrected chi connectivity index (χ1v) is 12.2. The summed E-state index contributed by atoms with van der Waals surface area (Å²) in [4.78, 5) is 12.4. The van der Waals surface area contributed by atoms with Gasteiger partial charge >= 0.3 is 5.97 Å². The molecule has 4 aliphatic carbocycles. The minimum Gasteiger partial charge on any atom is -0.482 e. The summed E-state index contributed by atoms with van der Waals surface area (Å²) in [5.41, 5.74) is 2.79. The summed E-state index contributed by atoms with van der Waals surface area (Å²) < 4.78 is 11.4. The molecular formula is C27H35NO4.